The molecule has 4 rings (SSSR count). The zero-order chi connectivity index (χ0) is 23.0. The van der Waals surface area contributed by atoms with Gasteiger partial charge in [-0.2, -0.15) is 5.10 Å². The summed E-state index contributed by atoms with van der Waals surface area (Å²) in [6.07, 6.45) is 7.42. The SMILES string of the molecule is Cc1cnn(C)c1-c1ccc(NC(=O)C(NC(=O)OC(C)(C)C)C2CC3CCC2C3)nc1. The van der Waals surface area contributed by atoms with Crippen LogP contribution in [0.25, 0.3) is 11.3 Å². The van der Waals surface area contributed by atoms with Gasteiger partial charge < -0.3 is 15.4 Å². The third kappa shape index (κ3) is 4.79. The van der Waals surface area contributed by atoms with Crippen molar-refractivity contribution in [2.75, 3.05) is 5.32 Å². The quantitative estimate of drug-likeness (QED) is 0.732. The van der Waals surface area contributed by atoms with Crippen molar-refractivity contribution in [3.8, 4) is 11.3 Å². The van der Waals surface area contributed by atoms with Crippen molar-refractivity contribution in [1.29, 1.82) is 0 Å². The smallest absolute Gasteiger partial charge is 0.408 e. The molecule has 0 aromatic carbocycles. The number of nitrogens with one attached hydrogen (secondary N) is 2. The fraction of sp³-hybridized carbons (Fsp3) is 0.583. The Labute approximate surface area is 189 Å². The zero-order valence-electron chi connectivity index (χ0n) is 19.5. The number of carbonyl (C=O) groups excluding carboxylic acids is 2. The lowest BCUT2D eigenvalue weighted by Gasteiger charge is -2.31. The number of amides is 2. The van der Waals surface area contributed by atoms with Crippen molar-refractivity contribution in [3.63, 3.8) is 0 Å². The molecule has 8 nitrogen and oxygen atoms in total. The van der Waals surface area contributed by atoms with Gasteiger partial charge in [-0.3, -0.25) is 9.48 Å². The summed E-state index contributed by atoms with van der Waals surface area (Å²) in [5.41, 5.74) is 2.35. The molecule has 0 saturated heterocycles. The molecule has 4 unspecified atom stereocenters. The van der Waals surface area contributed by atoms with Crippen LogP contribution in [0.4, 0.5) is 10.6 Å². The van der Waals surface area contributed by atoms with Crippen LogP contribution in [0.2, 0.25) is 0 Å². The van der Waals surface area contributed by atoms with Gasteiger partial charge in [0.15, 0.2) is 0 Å². The predicted molar refractivity (Wildman–Crippen MR) is 122 cm³/mol. The van der Waals surface area contributed by atoms with Crippen LogP contribution in [-0.2, 0) is 16.6 Å². The number of carbonyl (C=O) groups is 2. The van der Waals surface area contributed by atoms with Crippen molar-refractivity contribution >= 4 is 17.8 Å². The number of ether oxygens (including phenoxy) is 1. The van der Waals surface area contributed by atoms with E-state index in [1.165, 1.54) is 6.42 Å². The summed E-state index contributed by atoms with van der Waals surface area (Å²) in [5.74, 6) is 1.45. The van der Waals surface area contributed by atoms with Crippen molar-refractivity contribution in [3.05, 3.63) is 30.1 Å². The Bertz CT molecular complexity index is 973. The summed E-state index contributed by atoms with van der Waals surface area (Å²) >= 11 is 0. The Hall–Kier alpha value is -2.90. The van der Waals surface area contributed by atoms with Crippen molar-refractivity contribution in [1.82, 2.24) is 20.1 Å². The Kier molecular flexibility index (Phi) is 5.97. The molecule has 8 heteroatoms. The van der Waals surface area contributed by atoms with E-state index in [1.807, 2.05) is 47.0 Å². The highest BCUT2D eigenvalue weighted by molar-refractivity contribution is 5.96. The Morgan fingerprint density at radius 2 is 1.97 bits per heavy atom. The van der Waals surface area contributed by atoms with Crippen LogP contribution >= 0.6 is 0 Å². The molecule has 2 aromatic heterocycles. The molecule has 2 aliphatic rings. The van der Waals surface area contributed by atoms with Gasteiger partial charge in [0.25, 0.3) is 0 Å². The van der Waals surface area contributed by atoms with Gasteiger partial charge in [-0.1, -0.05) is 6.42 Å². The second-order valence-electron chi connectivity index (χ2n) is 10.2. The number of hydrogen-bond donors (Lipinski definition) is 2. The van der Waals surface area contributed by atoms with Crippen LogP contribution in [0.3, 0.4) is 0 Å². The van der Waals surface area contributed by atoms with Crippen LogP contribution in [0.5, 0.6) is 0 Å². The third-order valence-electron chi connectivity index (χ3n) is 6.59. The molecular formula is C24H33N5O3. The summed E-state index contributed by atoms with van der Waals surface area (Å²) in [7, 11) is 1.89. The van der Waals surface area contributed by atoms with E-state index in [2.05, 4.69) is 20.7 Å². The molecule has 2 saturated carbocycles. The minimum Gasteiger partial charge on any atom is -0.444 e. The van der Waals surface area contributed by atoms with E-state index in [-0.39, 0.29) is 11.8 Å². The first-order chi connectivity index (χ1) is 15.1. The molecular weight excluding hydrogens is 406 g/mol. The standard InChI is InChI=1S/C24H33N5O3/c1-14-12-26-29(5)21(14)17-8-9-19(25-13-17)27-22(30)20(28-23(31)32-24(2,3)4)18-11-15-6-7-16(18)10-15/h8-9,12-13,15-16,18,20H,6-7,10-11H2,1-5H3,(H,28,31)(H,25,27,30). The van der Waals surface area contributed by atoms with E-state index in [4.69, 9.17) is 4.74 Å². The lowest BCUT2D eigenvalue weighted by Crippen LogP contribution is -2.51. The molecule has 4 atom stereocenters. The molecule has 2 N–H and O–H groups in total. The number of hydrogen-bond acceptors (Lipinski definition) is 5. The first-order valence-corrected chi connectivity index (χ1v) is 11.4. The second kappa shape index (κ2) is 8.56. The molecule has 0 spiro atoms. The normalized spacial score (nSPS) is 23.1. The number of fused-ring (bicyclic) bond motifs is 2. The number of pyridine rings is 1. The number of rotatable bonds is 5. The molecule has 32 heavy (non-hydrogen) atoms. The van der Waals surface area contributed by atoms with E-state index >= 15 is 0 Å². The average Bonchev–Trinajstić information content (AvgIpc) is 3.42. The molecule has 2 aliphatic carbocycles. The van der Waals surface area contributed by atoms with E-state index in [0.717, 1.165) is 36.1 Å². The topological polar surface area (TPSA) is 98.1 Å². The maximum Gasteiger partial charge on any atom is 0.408 e. The highest BCUT2D eigenvalue weighted by atomic mass is 16.6. The molecule has 2 bridgehead atoms. The fourth-order valence-electron chi connectivity index (χ4n) is 5.28. The van der Waals surface area contributed by atoms with Gasteiger partial charge in [-0.25, -0.2) is 9.78 Å². The van der Waals surface area contributed by atoms with Gasteiger partial charge in [-0.05, 0) is 82.4 Å². The Morgan fingerprint density at radius 1 is 1.19 bits per heavy atom. The van der Waals surface area contributed by atoms with Gasteiger partial charge >= 0.3 is 6.09 Å². The second-order valence-corrected chi connectivity index (χ2v) is 10.2. The van der Waals surface area contributed by atoms with Crippen LogP contribution in [0.1, 0.15) is 52.0 Å². The van der Waals surface area contributed by atoms with Gasteiger partial charge in [0, 0.05) is 18.8 Å². The van der Waals surface area contributed by atoms with E-state index in [9.17, 15) is 9.59 Å². The zero-order valence-corrected chi connectivity index (χ0v) is 19.5. The minimum atomic E-state index is -0.638. The van der Waals surface area contributed by atoms with Gasteiger partial charge in [0.2, 0.25) is 5.91 Å². The molecule has 172 valence electrons. The monoisotopic (exact) mass is 439 g/mol. The number of nitrogens with zero attached hydrogens (tertiary/aromatic N) is 3. The highest BCUT2D eigenvalue weighted by Crippen LogP contribution is 2.49. The predicted octanol–water partition coefficient (Wildman–Crippen LogP) is 4.06. The van der Waals surface area contributed by atoms with E-state index in [1.54, 1.807) is 16.9 Å². The summed E-state index contributed by atoms with van der Waals surface area (Å²) in [6.45, 7) is 7.44. The molecule has 2 aromatic rings. The summed E-state index contributed by atoms with van der Waals surface area (Å²) < 4.78 is 7.24. The van der Waals surface area contributed by atoms with Crippen LogP contribution in [-0.4, -0.2) is 38.4 Å². The Balaban J connectivity index is 1.49. The number of alkyl carbamates (subject to hydrolysis) is 1. The van der Waals surface area contributed by atoms with E-state index < -0.39 is 17.7 Å². The van der Waals surface area contributed by atoms with Crippen LogP contribution in [0.15, 0.2) is 24.5 Å². The van der Waals surface area contributed by atoms with E-state index in [0.29, 0.717) is 17.7 Å². The fourth-order valence-corrected chi connectivity index (χ4v) is 5.28. The highest BCUT2D eigenvalue weighted by Gasteiger charge is 2.46. The van der Waals surface area contributed by atoms with Gasteiger partial charge in [0.1, 0.15) is 17.5 Å². The van der Waals surface area contributed by atoms with Gasteiger partial charge in [-0.15, -0.1) is 0 Å². The van der Waals surface area contributed by atoms with Crippen LogP contribution in [0, 0.1) is 24.7 Å². The van der Waals surface area contributed by atoms with Crippen molar-refractivity contribution in [2.24, 2.45) is 24.8 Å². The largest absolute Gasteiger partial charge is 0.444 e. The molecule has 2 amide bonds. The maximum absolute atomic E-state index is 13.3. The van der Waals surface area contributed by atoms with Crippen molar-refractivity contribution < 1.29 is 14.3 Å². The van der Waals surface area contributed by atoms with Crippen LogP contribution < -0.4 is 10.6 Å². The number of anilines is 1. The lowest BCUT2D eigenvalue weighted by molar-refractivity contribution is -0.120. The maximum atomic E-state index is 13.3. The summed E-state index contributed by atoms with van der Waals surface area (Å²) in [5, 5.41) is 10.0. The summed E-state index contributed by atoms with van der Waals surface area (Å²) in [4.78, 5) is 30.2. The first-order valence-electron chi connectivity index (χ1n) is 11.4. The number of aryl methyl sites for hydroxylation is 2. The van der Waals surface area contributed by atoms with Gasteiger partial charge in [0.05, 0.1) is 11.9 Å². The Morgan fingerprint density at radius 3 is 2.50 bits per heavy atom. The number of aromatic nitrogens is 3. The molecule has 0 radical (unpaired) electrons. The molecule has 2 heterocycles. The van der Waals surface area contributed by atoms with Crippen molar-refractivity contribution in [2.45, 2.75) is 65.0 Å². The minimum absolute atomic E-state index is 0.123. The first kappa shape index (κ1) is 22.3. The lowest BCUT2D eigenvalue weighted by atomic mass is 9.83. The molecule has 0 aliphatic heterocycles. The average molecular weight is 440 g/mol. The molecule has 2 fully saturated rings. The summed E-state index contributed by atoms with van der Waals surface area (Å²) in [6, 6.07) is 3.06. The third-order valence-corrected chi connectivity index (χ3v) is 6.59.